The van der Waals surface area contributed by atoms with Crippen LogP contribution in [0.3, 0.4) is 0 Å². The molecular formula is C9H7FO5. The number of aliphatic hydroxyl groups excluding tert-OH is 1. The Morgan fingerprint density at radius 1 is 1.47 bits per heavy atom. The van der Waals surface area contributed by atoms with E-state index in [1.165, 1.54) is 6.07 Å². The van der Waals surface area contributed by atoms with Gasteiger partial charge >= 0.3 is 5.97 Å². The molecule has 0 fully saturated rings. The molecule has 1 heterocycles. The molecule has 2 rings (SSSR count). The van der Waals surface area contributed by atoms with Gasteiger partial charge in [0, 0.05) is 0 Å². The van der Waals surface area contributed by atoms with Gasteiger partial charge in [-0.1, -0.05) is 0 Å². The Hall–Kier alpha value is -1.82. The van der Waals surface area contributed by atoms with Gasteiger partial charge in [0.2, 0.25) is 12.5 Å². The maximum atomic E-state index is 13.3. The molecule has 80 valence electrons. The molecule has 1 aliphatic heterocycles. The first-order valence-electron chi connectivity index (χ1n) is 4.09. The number of carboxylic acids is 1. The number of fused-ring (bicyclic) bond motifs is 1. The smallest absolute Gasteiger partial charge is 0.337 e. The largest absolute Gasteiger partial charge is 0.479 e. The number of carbonyl (C=O) groups is 1. The summed E-state index contributed by atoms with van der Waals surface area (Å²) >= 11 is 0. The van der Waals surface area contributed by atoms with Gasteiger partial charge in [0.05, 0.1) is 0 Å². The van der Waals surface area contributed by atoms with Gasteiger partial charge < -0.3 is 19.7 Å². The Morgan fingerprint density at radius 2 is 2.20 bits per heavy atom. The van der Waals surface area contributed by atoms with Crippen LogP contribution < -0.4 is 9.47 Å². The summed E-state index contributed by atoms with van der Waals surface area (Å²) in [6, 6.07) is 2.15. The van der Waals surface area contributed by atoms with Crippen molar-refractivity contribution >= 4 is 5.97 Å². The van der Waals surface area contributed by atoms with E-state index < -0.39 is 17.9 Å². The van der Waals surface area contributed by atoms with Crippen molar-refractivity contribution in [1.29, 1.82) is 0 Å². The number of aliphatic carboxylic acids is 1. The minimum atomic E-state index is -1.77. The topological polar surface area (TPSA) is 76.0 Å². The van der Waals surface area contributed by atoms with Gasteiger partial charge in [-0.15, -0.1) is 0 Å². The number of ether oxygens (including phenoxy) is 2. The van der Waals surface area contributed by atoms with Crippen LogP contribution >= 0.6 is 0 Å². The predicted molar refractivity (Wildman–Crippen MR) is 45.1 cm³/mol. The maximum Gasteiger partial charge on any atom is 0.337 e. The molecule has 1 atom stereocenters. The van der Waals surface area contributed by atoms with Gasteiger partial charge in [0.25, 0.3) is 0 Å². The molecule has 1 aromatic rings. The van der Waals surface area contributed by atoms with E-state index in [1.54, 1.807) is 0 Å². The zero-order valence-electron chi connectivity index (χ0n) is 7.44. The van der Waals surface area contributed by atoms with Crippen molar-refractivity contribution in [1.82, 2.24) is 0 Å². The van der Waals surface area contributed by atoms with Gasteiger partial charge in [0.15, 0.2) is 17.7 Å². The number of benzene rings is 1. The summed E-state index contributed by atoms with van der Waals surface area (Å²) in [5.74, 6) is -2.16. The molecule has 1 aromatic carbocycles. The second-order valence-corrected chi connectivity index (χ2v) is 2.98. The first kappa shape index (κ1) is 9.72. The Bertz CT molecular complexity index is 417. The van der Waals surface area contributed by atoms with Crippen LogP contribution in [-0.2, 0) is 4.79 Å². The van der Waals surface area contributed by atoms with Crippen LogP contribution in [0.4, 0.5) is 4.39 Å². The van der Waals surface area contributed by atoms with Crippen molar-refractivity contribution < 1.29 is 28.9 Å². The van der Waals surface area contributed by atoms with E-state index in [9.17, 15) is 14.3 Å². The van der Waals surface area contributed by atoms with Crippen LogP contribution in [-0.4, -0.2) is 23.0 Å². The van der Waals surface area contributed by atoms with Crippen molar-refractivity contribution in [3.8, 4) is 11.5 Å². The molecule has 0 aromatic heterocycles. The Morgan fingerprint density at radius 3 is 2.87 bits per heavy atom. The zero-order valence-corrected chi connectivity index (χ0v) is 7.44. The molecule has 0 bridgehead atoms. The second-order valence-electron chi connectivity index (χ2n) is 2.98. The molecule has 0 saturated heterocycles. The van der Waals surface area contributed by atoms with Gasteiger partial charge in [-0.2, -0.15) is 0 Å². The molecule has 5 nitrogen and oxygen atoms in total. The highest BCUT2D eigenvalue weighted by Crippen LogP contribution is 2.37. The lowest BCUT2D eigenvalue weighted by Crippen LogP contribution is -2.10. The van der Waals surface area contributed by atoms with E-state index in [0.717, 1.165) is 6.07 Å². The highest BCUT2D eigenvalue weighted by atomic mass is 19.1. The SMILES string of the molecule is O=C(O)C(O)c1cc(F)c2c(c1)OCO2. The Labute approximate surface area is 83.7 Å². The fraction of sp³-hybridized carbons (Fsp3) is 0.222. The lowest BCUT2D eigenvalue weighted by atomic mass is 10.1. The second kappa shape index (κ2) is 3.39. The lowest BCUT2D eigenvalue weighted by molar-refractivity contribution is -0.146. The van der Waals surface area contributed by atoms with Crippen LogP contribution in [0, 0.1) is 5.82 Å². The van der Waals surface area contributed by atoms with Gasteiger partial charge in [0.1, 0.15) is 0 Å². The molecule has 1 unspecified atom stereocenters. The molecule has 0 aliphatic carbocycles. The number of rotatable bonds is 2. The van der Waals surface area contributed by atoms with E-state index in [-0.39, 0.29) is 23.9 Å². The first-order chi connectivity index (χ1) is 7.09. The number of aliphatic hydroxyl groups is 1. The minimum absolute atomic E-state index is 0.0589. The summed E-state index contributed by atoms with van der Waals surface area (Å²) in [6.45, 7) is -0.112. The summed E-state index contributed by atoms with van der Waals surface area (Å²) in [7, 11) is 0. The quantitative estimate of drug-likeness (QED) is 0.756. The average Bonchev–Trinajstić information content (AvgIpc) is 2.64. The molecule has 1 aliphatic rings. The number of carboxylic acid groups (broad SMARTS) is 1. The normalized spacial score (nSPS) is 15.1. The zero-order chi connectivity index (χ0) is 11.0. The summed E-state index contributed by atoms with van der Waals surface area (Å²) < 4.78 is 22.9. The van der Waals surface area contributed by atoms with Crippen LogP contribution in [0.25, 0.3) is 0 Å². The molecule has 0 radical (unpaired) electrons. The average molecular weight is 214 g/mol. The Kier molecular flexibility index (Phi) is 2.20. The van der Waals surface area contributed by atoms with Crippen LogP contribution in [0.1, 0.15) is 11.7 Å². The van der Waals surface area contributed by atoms with Gasteiger partial charge in [-0.05, 0) is 17.7 Å². The third kappa shape index (κ3) is 1.59. The van der Waals surface area contributed by atoms with Crippen LogP contribution in [0.5, 0.6) is 11.5 Å². The van der Waals surface area contributed by atoms with Crippen molar-refractivity contribution in [2.45, 2.75) is 6.10 Å². The summed E-state index contributed by atoms with van der Waals surface area (Å²) in [5.41, 5.74) is -0.0794. The maximum absolute atomic E-state index is 13.3. The van der Waals surface area contributed by atoms with Crippen molar-refractivity contribution in [3.05, 3.63) is 23.5 Å². The van der Waals surface area contributed by atoms with E-state index in [2.05, 4.69) is 0 Å². The van der Waals surface area contributed by atoms with E-state index in [4.69, 9.17) is 14.6 Å². The molecule has 6 heteroatoms. The molecule has 15 heavy (non-hydrogen) atoms. The molecule has 0 saturated carbocycles. The third-order valence-electron chi connectivity index (χ3n) is 2.00. The monoisotopic (exact) mass is 214 g/mol. The van der Waals surface area contributed by atoms with Crippen LogP contribution in [0.2, 0.25) is 0 Å². The van der Waals surface area contributed by atoms with Gasteiger partial charge in [-0.25, -0.2) is 9.18 Å². The summed E-state index contributed by atoms with van der Waals surface area (Å²) in [5, 5.41) is 17.7. The molecule has 0 amide bonds. The highest BCUT2D eigenvalue weighted by Gasteiger charge is 2.24. The van der Waals surface area contributed by atoms with Crippen molar-refractivity contribution in [2.75, 3.05) is 6.79 Å². The highest BCUT2D eigenvalue weighted by molar-refractivity contribution is 5.74. The fourth-order valence-corrected chi connectivity index (χ4v) is 1.29. The molecule has 0 spiro atoms. The number of halogens is 1. The van der Waals surface area contributed by atoms with Gasteiger partial charge in [-0.3, -0.25) is 0 Å². The van der Waals surface area contributed by atoms with Crippen LogP contribution in [0.15, 0.2) is 12.1 Å². The van der Waals surface area contributed by atoms with Crippen molar-refractivity contribution in [3.63, 3.8) is 0 Å². The first-order valence-corrected chi connectivity index (χ1v) is 4.09. The van der Waals surface area contributed by atoms with E-state index in [1.807, 2.05) is 0 Å². The van der Waals surface area contributed by atoms with E-state index >= 15 is 0 Å². The minimum Gasteiger partial charge on any atom is -0.479 e. The molecular weight excluding hydrogens is 207 g/mol. The standard InChI is InChI=1S/C9H7FO5/c10-5-1-4(7(11)9(12)13)2-6-8(5)15-3-14-6/h1-2,7,11H,3H2,(H,12,13). The fourth-order valence-electron chi connectivity index (χ4n) is 1.29. The predicted octanol–water partition coefficient (Wildman–Crippen LogP) is 0.672. The third-order valence-corrected chi connectivity index (χ3v) is 2.00. The summed E-state index contributed by atoms with van der Waals surface area (Å²) in [6.07, 6.45) is -1.77. The lowest BCUT2D eigenvalue weighted by Gasteiger charge is -2.07. The number of hydrogen-bond donors (Lipinski definition) is 2. The Balaban J connectivity index is 2.43. The molecule has 2 N–H and O–H groups in total. The van der Waals surface area contributed by atoms with E-state index in [0.29, 0.717) is 0 Å². The summed E-state index contributed by atoms with van der Waals surface area (Å²) in [4.78, 5) is 10.5. The number of hydrogen-bond acceptors (Lipinski definition) is 4. The van der Waals surface area contributed by atoms with Crippen molar-refractivity contribution in [2.24, 2.45) is 0 Å².